The first-order valence-corrected chi connectivity index (χ1v) is 7.06. The number of nitrogens with one attached hydrogen (secondary N) is 1. The Hall–Kier alpha value is -0.320. The van der Waals surface area contributed by atoms with Crippen molar-refractivity contribution in [3.8, 4) is 0 Å². The number of likely N-dealkylation sites (N-methyl/N-ethyl adjacent to an activating group) is 1. The van der Waals surface area contributed by atoms with Gasteiger partial charge in [-0.05, 0) is 38.8 Å². The van der Waals surface area contributed by atoms with Crippen molar-refractivity contribution in [1.29, 1.82) is 0 Å². The van der Waals surface area contributed by atoms with Crippen LogP contribution in [-0.4, -0.2) is 43.0 Å². The molecule has 1 aliphatic carbocycles. The lowest BCUT2D eigenvalue weighted by atomic mass is 9.93. The van der Waals surface area contributed by atoms with Crippen LogP contribution < -0.4 is 11.1 Å². The minimum Gasteiger partial charge on any atom is -0.352 e. The minimum absolute atomic E-state index is 0. The summed E-state index contributed by atoms with van der Waals surface area (Å²) in [5, 5.41) is 3.15. The molecule has 0 spiro atoms. The third-order valence-electron chi connectivity index (χ3n) is 3.97. The van der Waals surface area contributed by atoms with Gasteiger partial charge in [-0.25, -0.2) is 0 Å². The van der Waals surface area contributed by atoms with E-state index in [4.69, 9.17) is 5.73 Å². The number of nitrogens with zero attached hydrogens (tertiary/aromatic N) is 1. The van der Waals surface area contributed by atoms with E-state index in [1.54, 1.807) is 0 Å². The van der Waals surface area contributed by atoms with E-state index in [1.165, 1.54) is 12.8 Å². The standard InChI is InChI=1S/C14H29N3O.ClH/c1-11(17(4)10-14(2,3)9-15)13(18)16-12-7-5-6-8-12;/h11-12H,5-10,15H2,1-4H3,(H,16,18);1H. The van der Waals surface area contributed by atoms with E-state index in [0.29, 0.717) is 12.6 Å². The Morgan fingerprint density at radius 1 is 1.42 bits per heavy atom. The van der Waals surface area contributed by atoms with Gasteiger partial charge in [0.25, 0.3) is 0 Å². The highest BCUT2D eigenvalue weighted by molar-refractivity contribution is 5.85. The topological polar surface area (TPSA) is 58.4 Å². The van der Waals surface area contributed by atoms with Gasteiger partial charge in [0.1, 0.15) is 0 Å². The molecule has 1 rings (SSSR count). The molecule has 114 valence electrons. The van der Waals surface area contributed by atoms with Crippen molar-refractivity contribution in [3.63, 3.8) is 0 Å². The molecule has 0 aliphatic heterocycles. The Bertz CT molecular complexity index is 278. The molecule has 0 heterocycles. The molecule has 1 unspecified atom stereocenters. The maximum absolute atomic E-state index is 12.1. The molecule has 0 aromatic rings. The molecular weight excluding hydrogens is 262 g/mol. The van der Waals surface area contributed by atoms with Crippen molar-refractivity contribution in [2.75, 3.05) is 20.1 Å². The third kappa shape index (κ3) is 6.11. The average molecular weight is 292 g/mol. The van der Waals surface area contributed by atoms with Crippen molar-refractivity contribution in [2.24, 2.45) is 11.1 Å². The number of hydrogen-bond acceptors (Lipinski definition) is 3. The fourth-order valence-corrected chi connectivity index (χ4v) is 2.47. The van der Waals surface area contributed by atoms with Crippen molar-refractivity contribution in [2.45, 2.75) is 58.5 Å². The lowest BCUT2D eigenvalue weighted by molar-refractivity contribution is -0.126. The van der Waals surface area contributed by atoms with E-state index in [0.717, 1.165) is 19.4 Å². The van der Waals surface area contributed by atoms with Crippen LogP contribution in [0.25, 0.3) is 0 Å². The lowest BCUT2D eigenvalue weighted by Gasteiger charge is -2.32. The van der Waals surface area contributed by atoms with Crippen LogP contribution in [0.4, 0.5) is 0 Å². The summed E-state index contributed by atoms with van der Waals surface area (Å²) in [6.45, 7) is 7.70. The van der Waals surface area contributed by atoms with E-state index in [2.05, 4.69) is 24.1 Å². The summed E-state index contributed by atoms with van der Waals surface area (Å²) in [4.78, 5) is 14.2. The first-order chi connectivity index (χ1) is 8.35. The normalized spacial score (nSPS) is 18.2. The zero-order valence-electron chi connectivity index (χ0n) is 12.7. The summed E-state index contributed by atoms with van der Waals surface area (Å²) >= 11 is 0. The Morgan fingerprint density at radius 3 is 2.42 bits per heavy atom. The largest absolute Gasteiger partial charge is 0.352 e. The number of rotatable bonds is 6. The minimum atomic E-state index is -0.0866. The number of amides is 1. The van der Waals surface area contributed by atoms with E-state index in [9.17, 15) is 4.79 Å². The summed E-state index contributed by atoms with van der Waals surface area (Å²) in [6, 6.07) is 0.312. The van der Waals surface area contributed by atoms with Crippen LogP contribution >= 0.6 is 12.4 Å². The fraction of sp³-hybridized carbons (Fsp3) is 0.929. The zero-order valence-corrected chi connectivity index (χ0v) is 13.6. The average Bonchev–Trinajstić information content (AvgIpc) is 2.80. The van der Waals surface area contributed by atoms with Crippen LogP contribution in [0.5, 0.6) is 0 Å². The Morgan fingerprint density at radius 2 is 1.95 bits per heavy atom. The molecule has 1 atom stereocenters. The van der Waals surface area contributed by atoms with Crippen LogP contribution in [0, 0.1) is 5.41 Å². The van der Waals surface area contributed by atoms with Gasteiger partial charge in [-0.3, -0.25) is 9.69 Å². The molecule has 3 N–H and O–H groups in total. The van der Waals surface area contributed by atoms with Gasteiger partial charge in [-0.2, -0.15) is 0 Å². The van der Waals surface area contributed by atoms with Gasteiger partial charge in [0, 0.05) is 12.6 Å². The van der Waals surface area contributed by atoms with Crippen LogP contribution in [0.2, 0.25) is 0 Å². The second kappa shape index (κ2) is 8.08. The zero-order chi connectivity index (χ0) is 13.8. The Kier molecular flexibility index (Phi) is 7.94. The van der Waals surface area contributed by atoms with E-state index < -0.39 is 0 Å². The number of nitrogens with two attached hydrogens (primary N) is 1. The Balaban J connectivity index is 0.00000324. The maximum Gasteiger partial charge on any atom is 0.237 e. The van der Waals surface area contributed by atoms with Gasteiger partial charge in [0.15, 0.2) is 0 Å². The molecule has 1 saturated carbocycles. The third-order valence-corrected chi connectivity index (χ3v) is 3.97. The fourth-order valence-electron chi connectivity index (χ4n) is 2.47. The molecule has 1 amide bonds. The quantitative estimate of drug-likeness (QED) is 0.784. The first kappa shape index (κ1) is 18.7. The van der Waals surface area contributed by atoms with Gasteiger partial charge in [0.05, 0.1) is 6.04 Å². The summed E-state index contributed by atoms with van der Waals surface area (Å²) in [6.07, 6.45) is 4.76. The van der Waals surface area contributed by atoms with Crippen molar-refractivity contribution in [3.05, 3.63) is 0 Å². The Labute approximate surface area is 123 Å². The van der Waals surface area contributed by atoms with Crippen molar-refractivity contribution >= 4 is 18.3 Å². The molecule has 0 aromatic heterocycles. The predicted molar refractivity (Wildman–Crippen MR) is 82.6 cm³/mol. The molecule has 0 radical (unpaired) electrons. The summed E-state index contributed by atoms with van der Waals surface area (Å²) in [7, 11) is 2.00. The van der Waals surface area contributed by atoms with Gasteiger partial charge in [0.2, 0.25) is 5.91 Å². The van der Waals surface area contributed by atoms with E-state index in [-0.39, 0.29) is 29.8 Å². The van der Waals surface area contributed by atoms with Gasteiger partial charge >= 0.3 is 0 Å². The molecule has 0 bridgehead atoms. The molecule has 19 heavy (non-hydrogen) atoms. The number of carbonyl (C=O) groups is 1. The highest BCUT2D eigenvalue weighted by Gasteiger charge is 2.26. The van der Waals surface area contributed by atoms with Crippen molar-refractivity contribution in [1.82, 2.24) is 10.2 Å². The van der Waals surface area contributed by atoms with Gasteiger partial charge in [-0.1, -0.05) is 26.7 Å². The second-order valence-electron chi connectivity index (χ2n) is 6.45. The lowest BCUT2D eigenvalue weighted by Crippen LogP contribution is -2.49. The highest BCUT2D eigenvalue weighted by atomic mass is 35.5. The van der Waals surface area contributed by atoms with Gasteiger partial charge in [-0.15, -0.1) is 12.4 Å². The second-order valence-corrected chi connectivity index (χ2v) is 6.45. The molecule has 4 nitrogen and oxygen atoms in total. The number of carbonyl (C=O) groups excluding carboxylic acids is 1. The smallest absolute Gasteiger partial charge is 0.237 e. The number of halogens is 1. The van der Waals surface area contributed by atoms with E-state index in [1.807, 2.05) is 14.0 Å². The molecule has 0 saturated heterocycles. The van der Waals surface area contributed by atoms with Crippen LogP contribution in [0.3, 0.4) is 0 Å². The van der Waals surface area contributed by atoms with E-state index >= 15 is 0 Å². The summed E-state index contributed by atoms with van der Waals surface area (Å²) in [5.74, 6) is 0.150. The molecular formula is C14H30ClN3O. The van der Waals surface area contributed by atoms with Gasteiger partial charge < -0.3 is 11.1 Å². The maximum atomic E-state index is 12.1. The van der Waals surface area contributed by atoms with Crippen molar-refractivity contribution < 1.29 is 4.79 Å². The first-order valence-electron chi connectivity index (χ1n) is 7.06. The molecule has 0 aromatic carbocycles. The summed E-state index contributed by atoms with van der Waals surface area (Å²) < 4.78 is 0. The molecule has 5 heteroatoms. The summed E-state index contributed by atoms with van der Waals surface area (Å²) in [5.41, 5.74) is 5.79. The highest BCUT2D eigenvalue weighted by Crippen LogP contribution is 2.19. The predicted octanol–water partition coefficient (Wildman–Crippen LogP) is 1.77. The molecule has 1 aliphatic rings. The van der Waals surface area contributed by atoms with Crippen LogP contribution in [0.1, 0.15) is 46.5 Å². The number of hydrogen-bond donors (Lipinski definition) is 2. The monoisotopic (exact) mass is 291 g/mol. The SMILES string of the molecule is CC(C(=O)NC1CCCC1)N(C)CC(C)(C)CN.Cl. The van der Waals surface area contributed by atoms with Crippen LogP contribution in [0.15, 0.2) is 0 Å². The van der Waals surface area contributed by atoms with Crippen LogP contribution in [-0.2, 0) is 4.79 Å². The molecule has 1 fully saturated rings.